The fraction of sp³-hybridized carbons (Fsp3) is 0.500. The second kappa shape index (κ2) is 10.0. The van der Waals surface area contributed by atoms with Gasteiger partial charge in [-0.25, -0.2) is 9.78 Å². The lowest BCUT2D eigenvalue weighted by atomic mass is 9.92. The average Bonchev–Trinajstić information content (AvgIpc) is 3.53. The maximum Gasteiger partial charge on any atom is 0.374 e. The van der Waals surface area contributed by atoms with Gasteiger partial charge in [-0.2, -0.15) is 0 Å². The van der Waals surface area contributed by atoms with Crippen molar-refractivity contribution in [1.82, 2.24) is 9.55 Å². The molecule has 0 amide bonds. The summed E-state index contributed by atoms with van der Waals surface area (Å²) in [5.41, 5.74) is 1.51. The number of aromatic nitrogens is 2. The molecule has 1 N–H and O–H groups in total. The van der Waals surface area contributed by atoms with E-state index in [-0.39, 0.29) is 18.5 Å². The van der Waals surface area contributed by atoms with Crippen molar-refractivity contribution < 1.29 is 28.8 Å². The number of fused-ring (bicyclic) bond motifs is 2. The van der Waals surface area contributed by atoms with Crippen LogP contribution in [0.5, 0.6) is 17.2 Å². The van der Waals surface area contributed by atoms with E-state index >= 15 is 0 Å². The highest BCUT2D eigenvalue weighted by molar-refractivity contribution is 5.95. The molecule has 8 heteroatoms. The van der Waals surface area contributed by atoms with E-state index in [2.05, 4.69) is 4.98 Å². The van der Waals surface area contributed by atoms with Crippen molar-refractivity contribution in [3.63, 3.8) is 0 Å². The highest BCUT2D eigenvalue weighted by Crippen LogP contribution is 2.51. The van der Waals surface area contributed by atoms with Crippen molar-refractivity contribution in [2.45, 2.75) is 83.6 Å². The Morgan fingerprint density at radius 3 is 2.78 bits per heavy atom. The molecule has 1 fully saturated rings. The number of esters is 1. The van der Waals surface area contributed by atoms with Crippen molar-refractivity contribution in [1.29, 1.82) is 0 Å². The lowest BCUT2D eigenvalue weighted by molar-refractivity contribution is -0.141. The van der Waals surface area contributed by atoms with Crippen LogP contribution in [0.4, 0.5) is 0 Å². The van der Waals surface area contributed by atoms with Gasteiger partial charge in [-0.05, 0) is 58.1 Å². The van der Waals surface area contributed by atoms with Gasteiger partial charge in [-0.1, -0.05) is 12.5 Å². The number of hydrogen-bond acceptors (Lipinski definition) is 7. The summed E-state index contributed by atoms with van der Waals surface area (Å²) < 4.78 is 26.2. The minimum absolute atomic E-state index is 0.0980. The number of benzene rings is 1. The van der Waals surface area contributed by atoms with Gasteiger partial charge < -0.3 is 28.6 Å². The molecular formula is C28H34N2O6. The molecule has 0 bridgehead atoms. The third-order valence-corrected chi connectivity index (χ3v) is 6.94. The first-order valence-electron chi connectivity index (χ1n) is 12.8. The number of aliphatic hydroxyl groups is 1. The molecule has 0 radical (unpaired) electrons. The maximum absolute atomic E-state index is 12.7. The van der Waals surface area contributed by atoms with Crippen molar-refractivity contribution in [3.05, 3.63) is 53.8 Å². The van der Waals surface area contributed by atoms with Gasteiger partial charge in [0.2, 0.25) is 5.76 Å². The van der Waals surface area contributed by atoms with Crippen LogP contribution in [0.1, 0.15) is 64.0 Å². The van der Waals surface area contributed by atoms with E-state index in [1.54, 1.807) is 45.4 Å². The molecule has 3 aliphatic rings. The molecule has 8 nitrogen and oxygen atoms in total. The highest BCUT2D eigenvalue weighted by atomic mass is 16.6. The van der Waals surface area contributed by atoms with Crippen LogP contribution in [0.15, 0.2) is 42.7 Å². The Morgan fingerprint density at radius 1 is 1.28 bits per heavy atom. The highest BCUT2D eigenvalue weighted by Gasteiger charge is 2.40. The van der Waals surface area contributed by atoms with Crippen LogP contribution in [0, 0.1) is 0 Å². The SMILES string of the molecule is CCOC(=O)C1=CC(=CCn2ccnc2)c2c(cc3c(c2OC2CCCCC2)CC(C(C)(C)O)O3)O1. The summed E-state index contributed by atoms with van der Waals surface area (Å²) in [6.45, 7) is 6.07. The van der Waals surface area contributed by atoms with Crippen molar-refractivity contribution >= 4 is 11.5 Å². The molecule has 1 aromatic carbocycles. The second-order valence-electron chi connectivity index (χ2n) is 10.1. The van der Waals surface area contributed by atoms with E-state index in [0.717, 1.165) is 48.1 Å². The Balaban J connectivity index is 1.61. The summed E-state index contributed by atoms with van der Waals surface area (Å²) in [5, 5.41) is 10.7. The Hall–Kier alpha value is -3.26. The van der Waals surface area contributed by atoms with E-state index in [0.29, 0.717) is 24.5 Å². The van der Waals surface area contributed by atoms with E-state index in [1.165, 1.54) is 6.42 Å². The Bertz CT molecular complexity index is 1170. The summed E-state index contributed by atoms with van der Waals surface area (Å²) >= 11 is 0. The van der Waals surface area contributed by atoms with Crippen molar-refractivity contribution in [3.8, 4) is 17.2 Å². The zero-order valence-electron chi connectivity index (χ0n) is 21.2. The number of imidazole rings is 1. The van der Waals surface area contributed by atoms with Crippen LogP contribution in [-0.2, 0) is 22.5 Å². The number of rotatable bonds is 7. The first-order chi connectivity index (χ1) is 17.3. The largest absolute Gasteiger partial charge is 0.489 e. The molecule has 2 aromatic rings. The number of allylic oxidation sites excluding steroid dienone is 3. The molecule has 2 aliphatic heterocycles. The lowest BCUT2D eigenvalue weighted by Gasteiger charge is -2.28. The predicted molar refractivity (Wildman–Crippen MR) is 134 cm³/mol. The molecule has 1 atom stereocenters. The number of nitrogens with zero attached hydrogens (tertiary/aromatic N) is 2. The van der Waals surface area contributed by atoms with E-state index in [9.17, 15) is 9.90 Å². The predicted octanol–water partition coefficient (Wildman–Crippen LogP) is 4.59. The Morgan fingerprint density at radius 2 is 2.08 bits per heavy atom. The number of hydrogen-bond donors (Lipinski definition) is 1. The molecule has 1 unspecified atom stereocenters. The summed E-state index contributed by atoms with van der Waals surface area (Å²) in [6, 6.07) is 1.81. The summed E-state index contributed by atoms with van der Waals surface area (Å²) in [5.74, 6) is 1.41. The van der Waals surface area contributed by atoms with Gasteiger partial charge in [-0.3, -0.25) is 0 Å². The molecule has 0 spiro atoms. The first kappa shape index (κ1) is 24.4. The summed E-state index contributed by atoms with van der Waals surface area (Å²) in [4.78, 5) is 16.8. The van der Waals surface area contributed by atoms with Crippen LogP contribution >= 0.6 is 0 Å². The molecule has 0 saturated heterocycles. The van der Waals surface area contributed by atoms with Gasteiger partial charge in [0.1, 0.15) is 23.4 Å². The number of ether oxygens (including phenoxy) is 4. The van der Waals surface area contributed by atoms with Crippen molar-refractivity contribution in [2.24, 2.45) is 0 Å². The third kappa shape index (κ3) is 5.00. The third-order valence-electron chi connectivity index (χ3n) is 6.94. The van der Waals surface area contributed by atoms with Gasteiger partial charge in [-0.15, -0.1) is 0 Å². The smallest absolute Gasteiger partial charge is 0.374 e. The van der Waals surface area contributed by atoms with Crippen LogP contribution in [0.2, 0.25) is 0 Å². The molecule has 1 aliphatic carbocycles. The van der Waals surface area contributed by atoms with E-state index in [1.807, 2.05) is 16.8 Å². The zero-order valence-corrected chi connectivity index (χ0v) is 21.2. The minimum atomic E-state index is -1.03. The van der Waals surface area contributed by atoms with Crippen LogP contribution in [0.25, 0.3) is 5.57 Å². The van der Waals surface area contributed by atoms with Gasteiger partial charge in [0.05, 0.1) is 30.2 Å². The molecule has 36 heavy (non-hydrogen) atoms. The topological polar surface area (TPSA) is 92.0 Å². The minimum Gasteiger partial charge on any atom is -0.489 e. The molecule has 5 rings (SSSR count). The van der Waals surface area contributed by atoms with Gasteiger partial charge >= 0.3 is 5.97 Å². The maximum atomic E-state index is 12.7. The Kier molecular flexibility index (Phi) is 6.79. The normalized spacial score (nSPS) is 20.7. The van der Waals surface area contributed by atoms with E-state index in [4.69, 9.17) is 18.9 Å². The van der Waals surface area contributed by atoms with Crippen LogP contribution < -0.4 is 14.2 Å². The van der Waals surface area contributed by atoms with Gasteiger partial charge in [0.15, 0.2) is 0 Å². The van der Waals surface area contributed by atoms with Crippen LogP contribution in [0.3, 0.4) is 0 Å². The fourth-order valence-electron chi connectivity index (χ4n) is 4.98. The van der Waals surface area contributed by atoms with Gasteiger partial charge in [0, 0.05) is 37.0 Å². The monoisotopic (exact) mass is 494 g/mol. The quantitative estimate of drug-likeness (QED) is 0.563. The summed E-state index contributed by atoms with van der Waals surface area (Å²) in [6.07, 6.45) is 14.8. The lowest BCUT2D eigenvalue weighted by Crippen LogP contribution is -2.39. The first-order valence-corrected chi connectivity index (χ1v) is 12.8. The molecule has 192 valence electrons. The standard InChI is InChI=1S/C28H34N2O6/c1-4-33-27(31)23-14-18(10-12-30-13-11-29-17-30)25-22(35-23)16-21-20(15-24(36-21)28(2,3)32)26(25)34-19-8-6-5-7-9-19/h10-11,13-14,16-17,19,24,32H,4-9,12,15H2,1-3H3. The average molecular weight is 495 g/mol. The summed E-state index contributed by atoms with van der Waals surface area (Å²) in [7, 11) is 0. The Labute approximate surface area is 211 Å². The molecule has 1 aromatic heterocycles. The van der Waals surface area contributed by atoms with Gasteiger partial charge in [0.25, 0.3) is 0 Å². The second-order valence-corrected chi connectivity index (χ2v) is 10.1. The number of carbonyl (C=O) groups excluding carboxylic acids is 1. The molecule has 3 heterocycles. The van der Waals surface area contributed by atoms with Crippen molar-refractivity contribution in [2.75, 3.05) is 6.61 Å². The van der Waals surface area contributed by atoms with Crippen LogP contribution in [-0.4, -0.2) is 45.0 Å². The number of carbonyl (C=O) groups is 1. The molecule has 1 saturated carbocycles. The zero-order chi connectivity index (χ0) is 25.3. The van der Waals surface area contributed by atoms with E-state index < -0.39 is 17.7 Å². The molecular weight excluding hydrogens is 460 g/mol. The fourth-order valence-corrected chi connectivity index (χ4v) is 4.98.